The van der Waals surface area contributed by atoms with Gasteiger partial charge in [0, 0.05) is 11.7 Å². The number of halogens is 4. The number of nitrogens with zero attached hydrogens (tertiary/aromatic N) is 1. The van der Waals surface area contributed by atoms with Gasteiger partial charge in [-0.2, -0.15) is 13.2 Å². The molecule has 4 unspecified atom stereocenters. The van der Waals surface area contributed by atoms with Crippen LogP contribution in [0.1, 0.15) is 112 Å². The fraction of sp³-hybridized carbons (Fsp3) is 0.590. The normalized spacial score (nSPS) is 24.5. The lowest BCUT2D eigenvalue weighted by Gasteiger charge is -2.46. The van der Waals surface area contributed by atoms with Crippen LogP contribution in [-0.2, 0) is 15.8 Å². The molecule has 2 bridgehead atoms. The van der Waals surface area contributed by atoms with Crippen LogP contribution in [0.3, 0.4) is 0 Å². The number of aromatic nitrogens is 1. The Bertz CT molecular complexity index is 1690. The number of carbonyl (C=O) groups is 3. The number of carboxylic acid groups (broad SMARTS) is 1. The molecule has 0 spiro atoms. The minimum absolute atomic E-state index is 0.0134. The second kappa shape index (κ2) is 17.9. The molecule has 4 atom stereocenters. The van der Waals surface area contributed by atoms with Crippen molar-refractivity contribution >= 4 is 45.5 Å². The van der Waals surface area contributed by atoms with Crippen LogP contribution in [0, 0.1) is 41.8 Å². The summed E-state index contributed by atoms with van der Waals surface area (Å²) >= 11 is 1.56. The summed E-state index contributed by atoms with van der Waals surface area (Å²) in [7, 11) is 1.62. The zero-order chi connectivity index (χ0) is 38.2. The van der Waals surface area contributed by atoms with Crippen LogP contribution in [0.25, 0.3) is 10.2 Å². The molecule has 52 heavy (non-hydrogen) atoms. The number of aryl methyl sites for hydroxylation is 1. The number of aliphatic carboxylic acids is 1. The molecule has 3 fully saturated rings. The average Bonchev–Trinajstić information content (AvgIpc) is 3.79. The molecule has 2 amide bonds. The van der Waals surface area contributed by atoms with E-state index in [0.717, 1.165) is 40.1 Å². The maximum absolute atomic E-state index is 13.0. The molecular formula is C39H51F4N3O5S. The molecule has 8 nitrogen and oxygen atoms in total. The number of carboxylic acids is 1. The van der Waals surface area contributed by atoms with Crippen molar-refractivity contribution in [2.75, 3.05) is 12.4 Å². The van der Waals surface area contributed by atoms with E-state index in [1.807, 2.05) is 24.4 Å². The van der Waals surface area contributed by atoms with Crippen molar-refractivity contribution in [1.29, 1.82) is 0 Å². The van der Waals surface area contributed by atoms with Crippen LogP contribution in [0.5, 0.6) is 5.75 Å². The molecule has 6 rings (SSSR count). The molecule has 3 aliphatic carbocycles. The number of unbranched alkanes of at least 4 members (excludes halogenated alkanes) is 2. The summed E-state index contributed by atoms with van der Waals surface area (Å²) in [5, 5.41) is 15.2. The maximum Gasteiger partial charge on any atom is 0.419 e. The van der Waals surface area contributed by atoms with E-state index in [9.17, 15) is 31.9 Å². The summed E-state index contributed by atoms with van der Waals surface area (Å²) in [5.41, 5.74) is 0.413. The van der Waals surface area contributed by atoms with Crippen molar-refractivity contribution in [2.45, 2.75) is 111 Å². The van der Waals surface area contributed by atoms with Gasteiger partial charge in [0.25, 0.3) is 5.91 Å². The third kappa shape index (κ3) is 9.81. The number of carbonyl (C=O) groups excluding carboxylic acids is 2. The highest BCUT2D eigenvalue weighted by Gasteiger charge is 2.47. The lowest BCUT2D eigenvalue weighted by molar-refractivity contribution is -0.151. The molecular weight excluding hydrogens is 699 g/mol. The number of nitrogens with one attached hydrogen (secondary N) is 2. The Balaban J connectivity index is 0.000000184. The van der Waals surface area contributed by atoms with Crippen LogP contribution in [0.4, 0.5) is 23.2 Å². The molecule has 13 heteroatoms. The van der Waals surface area contributed by atoms with Crippen molar-refractivity contribution in [3.63, 3.8) is 0 Å². The first-order valence-corrected chi connectivity index (χ1v) is 19.0. The molecule has 0 aliphatic heterocycles. The van der Waals surface area contributed by atoms with E-state index >= 15 is 0 Å². The van der Waals surface area contributed by atoms with Crippen LogP contribution in [0.2, 0.25) is 0 Å². The topological polar surface area (TPSA) is 118 Å². The quantitative estimate of drug-likeness (QED) is 0.0964. The first-order valence-electron chi connectivity index (χ1n) is 18.2. The monoisotopic (exact) mass is 749 g/mol. The van der Waals surface area contributed by atoms with Gasteiger partial charge in [0.1, 0.15) is 17.1 Å². The Morgan fingerprint density at radius 3 is 2.37 bits per heavy atom. The first kappa shape index (κ1) is 41.0. The number of alkyl halides is 3. The van der Waals surface area contributed by atoms with E-state index in [-0.39, 0.29) is 23.9 Å². The van der Waals surface area contributed by atoms with Gasteiger partial charge in [-0.1, -0.05) is 46.5 Å². The number of rotatable bonds is 12. The van der Waals surface area contributed by atoms with E-state index in [2.05, 4.69) is 31.1 Å². The third-order valence-corrected chi connectivity index (χ3v) is 12.0. The van der Waals surface area contributed by atoms with E-state index in [0.29, 0.717) is 46.7 Å². The van der Waals surface area contributed by atoms with Crippen molar-refractivity contribution in [2.24, 2.45) is 29.1 Å². The predicted molar refractivity (Wildman–Crippen MR) is 195 cm³/mol. The van der Waals surface area contributed by atoms with Crippen LogP contribution in [0.15, 0.2) is 30.3 Å². The number of fused-ring (bicyclic) bond motifs is 3. The zero-order valence-corrected chi connectivity index (χ0v) is 31.4. The van der Waals surface area contributed by atoms with E-state index < -0.39 is 23.5 Å². The minimum atomic E-state index is -4.76. The van der Waals surface area contributed by atoms with E-state index in [1.165, 1.54) is 57.8 Å². The van der Waals surface area contributed by atoms with Crippen molar-refractivity contribution in [3.05, 3.63) is 52.3 Å². The average molecular weight is 750 g/mol. The lowest BCUT2D eigenvalue weighted by Crippen LogP contribution is -2.43. The summed E-state index contributed by atoms with van der Waals surface area (Å²) in [6, 6.07) is 6.29. The molecule has 3 N–H and O–H groups in total. The number of methoxy groups -OCH3 is 1. The van der Waals surface area contributed by atoms with Gasteiger partial charge in [-0.3, -0.25) is 14.4 Å². The number of hydrogen-bond acceptors (Lipinski definition) is 6. The second-order valence-corrected chi connectivity index (χ2v) is 15.7. The van der Waals surface area contributed by atoms with E-state index in [4.69, 9.17) is 9.84 Å². The standard InChI is InChI=1S/C18H22N2O2S.C13H24O2.C8H5F4NO/c1-9-11-4-5-12(8-11)16(9)20-18(21)15-14(22-3)7-6-13-17(15)23-10(2)19-13;1-3-5-6-8-13(7-4-2)9-11(10-13)12(14)15;9-7-2-1-5(13-4-14)3-6(7)8(10,11)12/h6-7,9,11-12,16H,4-5,8H2,1-3H3,(H,20,21);11H,3-10H2,1-2H3,(H,14,15);1-4H,(H,13,14). The highest BCUT2D eigenvalue weighted by atomic mass is 32.1. The highest BCUT2D eigenvalue weighted by Crippen LogP contribution is 2.52. The smallest absolute Gasteiger partial charge is 0.419 e. The molecule has 286 valence electrons. The van der Waals surface area contributed by atoms with Crippen LogP contribution < -0.4 is 15.4 Å². The molecule has 2 aromatic carbocycles. The first-order chi connectivity index (χ1) is 24.7. The summed E-state index contributed by atoms with van der Waals surface area (Å²) in [5.74, 6) is 0.631. The molecule has 0 radical (unpaired) electrons. The Hall–Kier alpha value is -3.74. The Kier molecular flexibility index (Phi) is 14.1. The summed E-state index contributed by atoms with van der Waals surface area (Å²) in [6.45, 7) is 8.67. The van der Waals surface area contributed by atoms with Gasteiger partial charge >= 0.3 is 12.1 Å². The van der Waals surface area contributed by atoms with Gasteiger partial charge in [0.2, 0.25) is 6.41 Å². The Morgan fingerprint density at radius 2 is 1.79 bits per heavy atom. The number of benzene rings is 2. The van der Waals surface area contributed by atoms with Gasteiger partial charge in [-0.05, 0) is 105 Å². The summed E-state index contributed by atoms with van der Waals surface area (Å²) in [6.07, 6.45) is 8.66. The van der Waals surface area contributed by atoms with Crippen LogP contribution >= 0.6 is 11.3 Å². The Labute approximate surface area is 307 Å². The number of hydrogen-bond donors (Lipinski definition) is 3. The van der Waals surface area contributed by atoms with Crippen LogP contribution in [-0.4, -0.2) is 41.5 Å². The molecule has 1 aromatic heterocycles. The fourth-order valence-corrected chi connectivity index (χ4v) is 9.35. The lowest BCUT2D eigenvalue weighted by atomic mass is 9.58. The van der Waals surface area contributed by atoms with Crippen molar-refractivity contribution in [1.82, 2.24) is 10.3 Å². The summed E-state index contributed by atoms with van der Waals surface area (Å²) < 4.78 is 55.4. The molecule has 1 heterocycles. The summed E-state index contributed by atoms with van der Waals surface area (Å²) in [4.78, 5) is 38.3. The Morgan fingerprint density at radius 1 is 1.08 bits per heavy atom. The molecule has 3 aliphatic rings. The van der Waals surface area contributed by atoms with Crippen molar-refractivity contribution < 1.29 is 41.8 Å². The van der Waals surface area contributed by atoms with Gasteiger partial charge in [-0.15, -0.1) is 11.3 Å². The van der Waals surface area contributed by atoms with Gasteiger partial charge in [0.05, 0.1) is 33.8 Å². The second-order valence-electron chi connectivity index (χ2n) is 14.5. The number of amides is 2. The van der Waals surface area contributed by atoms with Gasteiger partial charge in [-0.25, -0.2) is 9.37 Å². The SMILES string of the molecule is CCCCCC1(CCC)CC(C(=O)O)C1.COc1ccc2nc(C)sc2c1C(=O)NC1C2CCC(C2)C1C.O=CNc1ccc(F)c(C(F)(F)F)c1. The van der Waals surface area contributed by atoms with Gasteiger partial charge in [0.15, 0.2) is 0 Å². The fourth-order valence-electron chi connectivity index (χ4n) is 8.40. The van der Waals surface area contributed by atoms with Crippen molar-refractivity contribution in [3.8, 4) is 5.75 Å². The van der Waals surface area contributed by atoms with Gasteiger partial charge < -0.3 is 20.5 Å². The minimum Gasteiger partial charge on any atom is -0.496 e. The largest absolute Gasteiger partial charge is 0.496 e. The third-order valence-electron chi connectivity index (χ3n) is 11.0. The zero-order valence-electron chi connectivity index (χ0n) is 30.6. The maximum atomic E-state index is 13.0. The number of ether oxygens (including phenoxy) is 1. The highest BCUT2D eigenvalue weighted by molar-refractivity contribution is 7.19. The molecule has 3 saturated carbocycles. The number of anilines is 1. The van der Waals surface area contributed by atoms with E-state index in [1.54, 1.807) is 18.4 Å². The number of thiazole rings is 1. The molecule has 3 aromatic rings. The molecule has 0 saturated heterocycles. The predicted octanol–water partition coefficient (Wildman–Crippen LogP) is 10.0.